The van der Waals surface area contributed by atoms with Gasteiger partial charge in [0.05, 0.1) is 11.8 Å². The summed E-state index contributed by atoms with van der Waals surface area (Å²) in [5, 5.41) is 17.2. The number of aromatic nitrogens is 2. The number of rotatable bonds is 3. The minimum atomic E-state index is -0.793. The van der Waals surface area contributed by atoms with E-state index >= 15 is 0 Å². The van der Waals surface area contributed by atoms with Crippen molar-refractivity contribution in [2.45, 2.75) is 25.7 Å². The van der Waals surface area contributed by atoms with E-state index in [1.807, 2.05) is 24.3 Å². The summed E-state index contributed by atoms with van der Waals surface area (Å²) in [6, 6.07) is 7.93. The van der Waals surface area contributed by atoms with Crippen LogP contribution in [0.15, 0.2) is 49.1 Å². The third-order valence-corrected chi connectivity index (χ3v) is 4.12. The monoisotopic (exact) mass is 391 g/mol. The molecule has 1 aliphatic rings. The molecular weight excluding hydrogens is 372 g/mol. The first-order chi connectivity index (χ1) is 11.6. The van der Waals surface area contributed by atoms with Crippen molar-refractivity contribution < 1.29 is 36.9 Å². The number of pyridine rings is 2. The summed E-state index contributed by atoms with van der Waals surface area (Å²) in [5.41, 5.74) is 2.35. The Labute approximate surface area is 156 Å². The molecule has 6 nitrogen and oxygen atoms in total. The second-order valence-electron chi connectivity index (χ2n) is 5.70. The first-order valence-corrected chi connectivity index (χ1v) is 7.84. The Balaban J connectivity index is 0.000000240. The molecule has 0 unspecified atom stereocenters. The molecule has 0 aromatic carbocycles. The van der Waals surface area contributed by atoms with Gasteiger partial charge in [0.25, 0.3) is 0 Å². The molecule has 2 aromatic heterocycles. The molecule has 1 aliphatic carbocycles. The van der Waals surface area contributed by atoms with Gasteiger partial charge >= 0.3 is 11.9 Å². The predicted octanol–water partition coefficient (Wildman–Crippen LogP) is 3.10. The molecule has 2 N–H and O–H groups in total. The Morgan fingerprint density at radius 2 is 1.00 bits per heavy atom. The first kappa shape index (κ1) is 20.8. The first-order valence-electron chi connectivity index (χ1n) is 7.84. The van der Waals surface area contributed by atoms with Gasteiger partial charge in [-0.05, 0) is 61.1 Å². The van der Waals surface area contributed by atoms with E-state index in [-0.39, 0.29) is 28.9 Å². The third kappa shape index (κ3) is 6.64. The van der Waals surface area contributed by atoms with Crippen molar-refractivity contribution in [3.63, 3.8) is 0 Å². The number of hydrogen-bond donors (Lipinski definition) is 2. The number of carbonyl (C=O) groups is 2. The minimum Gasteiger partial charge on any atom is -0.481 e. The number of hydrogen-bond acceptors (Lipinski definition) is 4. The summed E-state index contributed by atoms with van der Waals surface area (Å²) in [5.74, 6) is -2.22. The van der Waals surface area contributed by atoms with E-state index in [0.29, 0.717) is 25.7 Å². The number of aliphatic carboxylic acids is 2. The van der Waals surface area contributed by atoms with Gasteiger partial charge in [0.15, 0.2) is 0 Å². The zero-order valence-electron chi connectivity index (χ0n) is 13.5. The summed E-state index contributed by atoms with van der Waals surface area (Å²) in [6.07, 6.45) is 9.17. The van der Waals surface area contributed by atoms with Crippen LogP contribution in [0.4, 0.5) is 0 Å². The predicted molar refractivity (Wildman–Crippen MR) is 88.2 cm³/mol. The molecule has 0 bridgehead atoms. The van der Waals surface area contributed by atoms with Crippen LogP contribution < -0.4 is 0 Å². The van der Waals surface area contributed by atoms with Crippen LogP contribution in [0, 0.1) is 11.8 Å². The molecule has 25 heavy (non-hydrogen) atoms. The molecule has 1 fully saturated rings. The standard InChI is InChI=1S/C10H8N2.C8H12O4.Cu/c1-5-11-6-2-9(1)10-3-7-12-8-4-10;9-7(10)5-1-2-6(4-3-5)8(11)12;/h1-8H;5-6H,1-4H2,(H,9,10)(H,11,12);/t;5-,6-;. The van der Waals surface area contributed by atoms with E-state index in [1.165, 1.54) is 11.1 Å². The molecule has 137 valence electrons. The fourth-order valence-corrected chi connectivity index (χ4v) is 2.68. The van der Waals surface area contributed by atoms with Gasteiger partial charge in [-0.3, -0.25) is 19.6 Å². The number of nitrogens with zero attached hydrogens (tertiary/aromatic N) is 2. The van der Waals surface area contributed by atoms with Gasteiger partial charge in [0.1, 0.15) is 0 Å². The SMILES string of the molecule is O=C(O)[C@H]1CC[C@H](C(=O)O)CC1.[Cu].c1cc(-c2ccncc2)ccn1. The van der Waals surface area contributed by atoms with Crippen molar-refractivity contribution >= 4 is 11.9 Å². The van der Waals surface area contributed by atoms with Crippen molar-refractivity contribution in [2.24, 2.45) is 11.8 Å². The van der Waals surface area contributed by atoms with Crippen LogP contribution in [0.5, 0.6) is 0 Å². The second kappa shape index (κ2) is 10.6. The van der Waals surface area contributed by atoms with E-state index in [1.54, 1.807) is 24.8 Å². The van der Waals surface area contributed by atoms with Gasteiger partial charge in [0.2, 0.25) is 0 Å². The molecule has 1 saturated carbocycles. The molecule has 0 amide bonds. The molecule has 2 heterocycles. The van der Waals surface area contributed by atoms with Gasteiger partial charge in [-0.1, -0.05) is 0 Å². The average molecular weight is 392 g/mol. The van der Waals surface area contributed by atoms with Crippen LogP contribution in [0.3, 0.4) is 0 Å². The molecular formula is C18H20CuN2O4. The maximum atomic E-state index is 10.5. The van der Waals surface area contributed by atoms with Gasteiger partial charge < -0.3 is 10.2 Å². The number of carboxylic acids is 2. The molecule has 1 radical (unpaired) electrons. The van der Waals surface area contributed by atoms with Gasteiger partial charge in [-0.15, -0.1) is 0 Å². The Hall–Kier alpha value is -2.24. The molecule has 0 aliphatic heterocycles. The second-order valence-corrected chi connectivity index (χ2v) is 5.70. The van der Waals surface area contributed by atoms with E-state index in [0.717, 1.165) is 0 Å². The average Bonchev–Trinajstić information content (AvgIpc) is 2.64. The molecule has 0 atom stereocenters. The van der Waals surface area contributed by atoms with Crippen molar-refractivity contribution in [3.8, 4) is 11.1 Å². The smallest absolute Gasteiger partial charge is 0.306 e. The molecule has 0 spiro atoms. The fraction of sp³-hybridized carbons (Fsp3) is 0.333. The van der Waals surface area contributed by atoms with Crippen LogP contribution in [-0.2, 0) is 26.7 Å². The zero-order valence-corrected chi connectivity index (χ0v) is 14.5. The quantitative estimate of drug-likeness (QED) is 0.779. The topological polar surface area (TPSA) is 100 Å². The fourth-order valence-electron chi connectivity index (χ4n) is 2.68. The Morgan fingerprint density at radius 3 is 1.24 bits per heavy atom. The van der Waals surface area contributed by atoms with Gasteiger partial charge in [-0.25, -0.2) is 0 Å². The van der Waals surface area contributed by atoms with Gasteiger partial charge in [0, 0.05) is 41.9 Å². The van der Waals surface area contributed by atoms with E-state index in [2.05, 4.69) is 9.97 Å². The summed E-state index contributed by atoms with van der Waals surface area (Å²) >= 11 is 0. The van der Waals surface area contributed by atoms with Gasteiger partial charge in [-0.2, -0.15) is 0 Å². The summed E-state index contributed by atoms with van der Waals surface area (Å²) in [4.78, 5) is 28.9. The largest absolute Gasteiger partial charge is 0.481 e. The minimum absolute atomic E-state index is 0. The Morgan fingerprint density at radius 1 is 0.720 bits per heavy atom. The maximum absolute atomic E-state index is 10.5. The third-order valence-electron chi connectivity index (χ3n) is 4.12. The van der Waals surface area contributed by atoms with Crippen LogP contribution in [-0.4, -0.2) is 32.1 Å². The summed E-state index contributed by atoms with van der Waals surface area (Å²) in [7, 11) is 0. The van der Waals surface area contributed by atoms with Crippen LogP contribution in [0.2, 0.25) is 0 Å². The molecule has 2 aromatic rings. The maximum Gasteiger partial charge on any atom is 0.306 e. The molecule has 0 saturated heterocycles. The summed E-state index contributed by atoms with van der Waals surface area (Å²) < 4.78 is 0. The van der Waals surface area contributed by atoms with Crippen molar-refractivity contribution in [1.82, 2.24) is 9.97 Å². The number of carboxylic acid groups (broad SMARTS) is 2. The Kier molecular flexibility index (Phi) is 8.81. The van der Waals surface area contributed by atoms with Crippen molar-refractivity contribution in [1.29, 1.82) is 0 Å². The van der Waals surface area contributed by atoms with Crippen molar-refractivity contribution in [2.75, 3.05) is 0 Å². The van der Waals surface area contributed by atoms with Crippen LogP contribution in [0.1, 0.15) is 25.7 Å². The zero-order chi connectivity index (χ0) is 17.4. The van der Waals surface area contributed by atoms with E-state index < -0.39 is 11.9 Å². The normalized spacial score (nSPS) is 18.9. The van der Waals surface area contributed by atoms with Crippen LogP contribution in [0.25, 0.3) is 11.1 Å². The Bertz CT molecular complexity index is 600. The van der Waals surface area contributed by atoms with E-state index in [9.17, 15) is 9.59 Å². The van der Waals surface area contributed by atoms with Crippen molar-refractivity contribution in [3.05, 3.63) is 49.1 Å². The summed E-state index contributed by atoms with van der Waals surface area (Å²) in [6.45, 7) is 0. The van der Waals surface area contributed by atoms with Crippen LogP contribution >= 0.6 is 0 Å². The van der Waals surface area contributed by atoms with E-state index in [4.69, 9.17) is 10.2 Å². The molecule has 7 heteroatoms. The molecule has 3 rings (SSSR count).